The molecule has 0 bridgehead atoms. The molecule has 0 saturated carbocycles. The van der Waals surface area contributed by atoms with E-state index in [0.717, 1.165) is 19.4 Å². The smallest absolute Gasteiger partial charge is 0.237 e. The van der Waals surface area contributed by atoms with Crippen LogP contribution in [0, 0.1) is 5.92 Å². The van der Waals surface area contributed by atoms with Crippen molar-refractivity contribution in [2.75, 3.05) is 27.2 Å². The van der Waals surface area contributed by atoms with Gasteiger partial charge in [-0.25, -0.2) is 0 Å². The summed E-state index contributed by atoms with van der Waals surface area (Å²) in [6, 6.07) is 10.5. The average molecular weight is 289 g/mol. The average Bonchev–Trinajstić information content (AvgIpc) is 2.48. The maximum Gasteiger partial charge on any atom is 0.237 e. The van der Waals surface area contributed by atoms with Crippen molar-refractivity contribution in [3.05, 3.63) is 35.9 Å². The highest BCUT2D eigenvalue weighted by Gasteiger charge is 2.25. The number of likely N-dealkylation sites (N-methyl/N-ethyl adjacent to an activating group) is 1. The van der Waals surface area contributed by atoms with Gasteiger partial charge in [-0.05, 0) is 45.0 Å². The Hall–Kier alpha value is -1.39. The summed E-state index contributed by atoms with van der Waals surface area (Å²) >= 11 is 0. The SMILES string of the molecule is CC1CCNC(C(=O)NCC(c2ccccc2)N(C)C)C1. The summed E-state index contributed by atoms with van der Waals surface area (Å²) in [5, 5.41) is 6.43. The van der Waals surface area contributed by atoms with Crippen LogP contribution in [-0.4, -0.2) is 44.0 Å². The Kier molecular flexibility index (Phi) is 5.76. The van der Waals surface area contributed by atoms with Crippen LogP contribution in [-0.2, 0) is 4.79 Å². The van der Waals surface area contributed by atoms with Gasteiger partial charge in [0.05, 0.1) is 12.1 Å². The number of nitrogens with one attached hydrogen (secondary N) is 2. The molecule has 3 atom stereocenters. The Morgan fingerprint density at radius 2 is 2.10 bits per heavy atom. The summed E-state index contributed by atoms with van der Waals surface area (Å²) in [6.45, 7) is 3.80. The Bertz CT molecular complexity index is 447. The molecule has 4 heteroatoms. The molecule has 0 radical (unpaired) electrons. The fourth-order valence-electron chi connectivity index (χ4n) is 2.90. The molecule has 116 valence electrons. The van der Waals surface area contributed by atoms with Crippen LogP contribution < -0.4 is 10.6 Å². The molecular formula is C17H27N3O. The van der Waals surface area contributed by atoms with E-state index in [1.165, 1.54) is 5.56 Å². The molecule has 1 aliphatic heterocycles. The second-order valence-electron chi connectivity index (χ2n) is 6.27. The van der Waals surface area contributed by atoms with E-state index in [1.807, 2.05) is 32.3 Å². The molecule has 2 rings (SSSR count). The standard InChI is InChI=1S/C17H27N3O/c1-13-9-10-18-15(11-13)17(21)19-12-16(20(2)3)14-7-5-4-6-8-14/h4-8,13,15-16,18H,9-12H2,1-3H3,(H,19,21). The number of hydrogen-bond acceptors (Lipinski definition) is 3. The van der Waals surface area contributed by atoms with E-state index >= 15 is 0 Å². The van der Waals surface area contributed by atoms with Gasteiger partial charge < -0.3 is 15.5 Å². The first-order chi connectivity index (χ1) is 10.1. The van der Waals surface area contributed by atoms with Crippen LogP contribution in [0.4, 0.5) is 0 Å². The number of rotatable bonds is 5. The van der Waals surface area contributed by atoms with Crippen molar-refractivity contribution in [2.45, 2.75) is 31.8 Å². The Labute approximate surface area is 127 Å². The molecule has 0 spiro atoms. The Morgan fingerprint density at radius 3 is 2.71 bits per heavy atom. The van der Waals surface area contributed by atoms with E-state index in [4.69, 9.17) is 0 Å². The highest BCUT2D eigenvalue weighted by atomic mass is 16.2. The fourth-order valence-corrected chi connectivity index (χ4v) is 2.90. The first-order valence-electron chi connectivity index (χ1n) is 7.80. The quantitative estimate of drug-likeness (QED) is 0.868. The minimum absolute atomic E-state index is 0.0349. The number of hydrogen-bond donors (Lipinski definition) is 2. The monoisotopic (exact) mass is 289 g/mol. The lowest BCUT2D eigenvalue weighted by Gasteiger charge is -2.29. The van der Waals surface area contributed by atoms with Crippen LogP contribution in [0.5, 0.6) is 0 Å². The molecule has 4 nitrogen and oxygen atoms in total. The number of benzene rings is 1. The summed E-state index contributed by atoms with van der Waals surface area (Å²) < 4.78 is 0. The van der Waals surface area contributed by atoms with E-state index < -0.39 is 0 Å². The summed E-state index contributed by atoms with van der Waals surface area (Å²) in [6.07, 6.45) is 2.10. The lowest BCUT2D eigenvalue weighted by atomic mass is 9.94. The lowest BCUT2D eigenvalue weighted by Crippen LogP contribution is -2.49. The van der Waals surface area contributed by atoms with Gasteiger partial charge in [-0.1, -0.05) is 37.3 Å². The first-order valence-corrected chi connectivity index (χ1v) is 7.80. The third kappa shape index (κ3) is 4.55. The minimum Gasteiger partial charge on any atom is -0.353 e. The second-order valence-corrected chi connectivity index (χ2v) is 6.27. The zero-order valence-electron chi connectivity index (χ0n) is 13.3. The van der Waals surface area contributed by atoms with Crippen molar-refractivity contribution < 1.29 is 4.79 Å². The zero-order valence-corrected chi connectivity index (χ0v) is 13.3. The molecule has 1 saturated heterocycles. The van der Waals surface area contributed by atoms with Crippen molar-refractivity contribution in [3.63, 3.8) is 0 Å². The van der Waals surface area contributed by atoms with Crippen molar-refractivity contribution in [2.24, 2.45) is 5.92 Å². The number of carbonyl (C=O) groups excluding carboxylic acids is 1. The van der Waals surface area contributed by atoms with Gasteiger partial charge in [-0.3, -0.25) is 4.79 Å². The topological polar surface area (TPSA) is 44.4 Å². The predicted octanol–water partition coefficient (Wildman–Crippen LogP) is 1.79. The normalized spacial score (nSPS) is 23.8. The molecule has 0 aromatic heterocycles. The summed E-state index contributed by atoms with van der Waals surface area (Å²) in [4.78, 5) is 14.5. The van der Waals surface area contributed by atoms with Gasteiger partial charge in [0.2, 0.25) is 5.91 Å². The van der Waals surface area contributed by atoms with Crippen LogP contribution in [0.3, 0.4) is 0 Å². The molecule has 1 amide bonds. The minimum atomic E-state index is -0.0349. The predicted molar refractivity (Wildman–Crippen MR) is 86.1 cm³/mol. The molecule has 21 heavy (non-hydrogen) atoms. The van der Waals surface area contributed by atoms with Crippen molar-refractivity contribution in [1.29, 1.82) is 0 Å². The number of nitrogens with zero attached hydrogens (tertiary/aromatic N) is 1. The van der Waals surface area contributed by atoms with Crippen LogP contribution >= 0.6 is 0 Å². The van der Waals surface area contributed by atoms with Gasteiger partial charge in [0, 0.05) is 6.54 Å². The third-order valence-electron chi connectivity index (χ3n) is 4.26. The molecule has 1 aliphatic rings. The van der Waals surface area contributed by atoms with Crippen molar-refractivity contribution in [3.8, 4) is 0 Å². The summed E-state index contributed by atoms with van der Waals surface area (Å²) in [5.41, 5.74) is 1.23. The van der Waals surface area contributed by atoms with Crippen LogP contribution in [0.15, 0.2) is 30.3 Å². The number of piperidine rings is 1. The highest BCUT2D eigenvalue weighted by Crippen LogP contribution is 2.18. The van der Waals surface area contributed by atoms with Gasteiger partial charge in [-0.2, -0.15) is 0 Å². The molecule has 1 heterocycles. The first kappa shape index (κ1) is 16.0. The van der Waals surface area contributed by atoms with Gasteiger partial charge >= 0.3 is 0 Å². The third-order valence-corrected chi connectivity index (χ3v) is 4.26. The maximum atomic E-state index is 12.3. The number of carbonyl (C=O) groups is 1. The van der Waals surface area contributed by atoms with Crippen LogP contribution in [0.1, 0.15) is 31.4 Å². The molecule has 0 aliphatic carbocycles. The van der Waals surface area contributed by atoms with Gasteiger partial charge in [0.1, 0.15) is 0 Å². The summed E-state index contributed by atoms with van der Waals surface area (Å²) in [7, 11) is 4.09. The van der Waals surface area contributed by atoms with Gasteiger partial charge in [-0.15, -0.1) is 0 Å². The lowest BCUT2D eigenvalue weighted by molar-refractivity contribution is -0.124. The summed E-state index contributed by atoms with van der Waals surface area (Å²) in [5.74, 6) is 0.755. The Balaban J connectivity index is 1.91. The maximum absolute atomic E-state index is 12.3. The molecule has 1 fully saturated rings. The van der Waals surface area contributed by atoms with E-state index in [-0.39, 0.29) is 18.0 Å². The largest absolute Gasteiger partial charge is 0.353 e. The van der Waals surface area contributed by atoms with E-state index in [2.05, 4.69) is 34.6 Å². The number of amides is 1. The Morgan fingerprint density at radius 1 is 1.38 bits per heavy atom. The molecular weight excluding hydrogens is 262 g/mol. The van der Waals surface area contributed by atoms with Crippen LogP contribution in [0.2, 0.25) is 0 Å². The van der Waals surface area contributed by atoms with E-state index in [9.17, 15) is 4.79 Å². The van der Waals surface area contributed by atoms with Crippen LogP contribution in [0.25, 0.3) is 0 Å². The van der Waals surface area contributed by atoms with Gasteiger partial charge in [0.25, 0.3) is 0 Å². The second kappa shape index (κ2) is 7.57. The zero-order chi connectivity index (χ0) is 15.2. The van der Waals surface area contributed by atoms with Crippen molar-refractivity contribution in [1.82, 2.24) is 15.5 Å². The molecule has 3 unspecified atom stereocenters. The fraction of sp³-hybridized carbons (Fsp3) is 0.588. The van der Waals surface area contributed by atoms with E-state index in [0.29, 0.717) is 12.5 Å². The van der Waals surface area contributed by atoms with E-state index in [1.54, 1.807) is 0 Å². The molecule has 1 aromatic rings. The van der Waals surface area contributed by atoms with Crippen molar-refractivity contribution >= 4 is 5.91 Å². The molecule has 1 aromatic carbocycles. The molecule has 2 N–H and O–H groups in total. The van der Waals surface area contributed by atoms with Gasteiger partial charge in [0.15, 0.2) is 0 Å². The highest BCUT2D eigenvalue weighted by molar-refractivity contribution is 5.81.